The second-order valence-electron chi connectivity index (χ2n) is 4.41. The van der Waals surface area contributed by atoms with Gasteiger partial charge in [0.05, 0.1) is 6.54 Å². The largest absolute Gasteiger partial charge is 0.382 e. The van der Waals surface area contributed by atoms with E-state index in [2.05, 4.69) is 5.32 Å². The number of nitrogens with zero attached hydrogens (tertiary/aromatic N) is 1. The van der Waals surface area contributed by atoms with E-state index in [4.69, 9.17) is 4.74 Å². The molecule has 5 nitrogen and oxygen atoms in total. The Morgan fingerprint density at radius 1 is 1.41 bits per heavy atom. The number of ether oxygens (including phenoxy) is 1. The van der Waals surface area contributed by atoms with Gasteiger partial charge in [-0.2, -0.15) is 0 Å². The molecule has 5 heteroatoms. The number of hydrogen-bond donors (Lipinski definition) is 1. The van der Waals surface area contributed by atoms with Gasteiger partial charge in [0.15, 0.2) is 0 Å². The van der Waals surface area contributed by atoms with Gasteiger partial charge >= 0.3 is 0 Å². The molecule has 1 aliphatic rings. The zero-order chi connectivity index (χ0) is 12.9. The molecule has 0 radical (unpaired) electrons. The lowest BCUT2D eigenvalue weighted by atomic mass is 9.92. The van der Waals surface area contributed by atoms with E-state index in [0.29, 0.717) is 26.2 Å². The molecule has 0 spiro atoms. The molecule has 1 atom stereocenters. The van der Waals surface area contributed by atoms with E-state index in [-0.39, 0.29) is 18.4 Å². The lowest BCUT2D eigenvalue weighted by Gasteiger charge is -2.43. The highest BCUT2D eigenvalue weighted by atomic mass is 16.5. The van der Waals surface area contributed by atoms with Gasteiger partial charge in [0.1, 0.15) is 5.54 Å². The summed E-state index contributed by atoms with van der Waals surface area (Å²) >= 11 is 0. The van der Waals surface area contributed by atoms with Crippen LogP contribution in [0.15, 0.2) is 0 Å². The summed E-state index contributed by atoms with van der Waals surface area (Å²) in [6.07, 6.45) is 1.39. The fourth-order valence-corrected chi connectivity index (χ4v) is 2.03. The van der Waals surface area contributed by atoms with Crippen molar-refractivity contribution in [2.45, 2.75) is 39.2 Å². The Balaban J connectivity index is 2.63. The van der Waals surface area contributed by atoms with Crippen LogP contribution in [0.5, 0.6) is 0 Å². The molecule has 17 heavy (non-hydrogen) atoms. The summed E-state index contributed by atoms with van der Waals surface area (Å²) in [4.78, 5) is 25.4. The molecule has 0 aliphatic carbocycles. The van der Waals surface area contributed by atoms with Crippen LogP contribution in [-0.4, -0.2) is 48.6 Å². The summed E-state index contributed by atoms with van der Waals surface area (Å²) in [6, 6.07) is 0. The maximum absolute atomic E-state index is 11.9. The van der Waals surface area contributed by atoms with Crippen molar-refractivity contribution in [1.82, 2.24) is 10.2 Å². The molecule has 1 N–H and O–H groups in total. The van der Waals surface area contributed by atoms with E-state index in [9.17, 15) is 9.59 Å². The maximum Gasteiger partial charge on any atom is 0.246 e. The van der Waals surface area contributed by atoms with Gasteiger partial charge in [0.2, 0.25) is 11.8 Å². The maximum atomic E-state index is 11.9. The van der Waals surface area contributed by atoms with Gasteiger partial charge in [0.25, 0.3) is 0 Å². The first-order chi connectivity index (χ1) is 8.06. The number of hydrogen-bond acceptors (Lipinski definition) is 3. The van der Waals surface area contributed by atoms with Gasteiger partial charge in [-0.25, -0.2) is 0 Å². The smallest absolute Gasteiger partial charge is 0.246 e. The Hall–Kier alpha value is -1.10. The number of piperazine rings is 1. The summed E-state index contributed by atoms with van der Waals surface area (Å²) in [7, 11) is 0. The minimum Gasteiger partial charge on any atom is -0.382 e. The average Bonchev–Trinajstić information content (AvgIpc) is 2.33. The number of carbonyl (C=O) groups is 2. The Morgan fingerprint density at radius 3 is 2.71 bits per heavy atom. The Bertz CT molecular complexity index is 293. The van der Waals surface area contributed by atoms with Crippen molar-refractivity contribution in [1.29, 1.82) is 0 Å². The molecule has 2 amide bonds. The van der Waals surface area contributed by atoms with Gasteiger partial charge in [-0.15, -0.1) is 0 Å². The van der Waals surface area contributed by atoms with Crippen molar-refractivity contribution in [3.8, 4) is 0 Å². The average molecular weight is 242 g/mol. The van der Waals surface area contributed by atoms with E-state index in [1.165, 1.54) is 0 Å². The van der Waals surface area contributed by atoms with Crippen molar-refractivity contribution < 1.29 is 14.3 Å². The normalized spacial score (nSPS) is 25.0. The molecular formula is C12H22N2O3. The van der Waals surface area contributed by atoms with Gasteiger partial charge in [-0.3, -0.25) is 9.59 Å². The molecule has 0 bridgehead atoms. The zero-order valence-electron chi connectivity index (χ0n) is 10.9. The van der Waals surface area contributed by atoms with Crippen molar-refractivity contribution in [3.05, 3.63) is 0 Å². The number of amides is 2. The Labute approximate surface area is 102 Å². The molecule has 0 saturated carbocycles. The van der Waals surface area contributed by atoms with Crippen molar-refractivity contribution >= 4 is 11.8 Å². The third-order valence-electron chi connectivity index (χ3n) is 3.35. The van der Waals surface area contributed by atoms with Crippen LogP contribution in [0.1, 0.15) is 33.6 Å². The Morgan fingerprint density at radius 2 is 2.12 bits per heavy atom. The molecule has 1 aliphatic heterocycles. The highest BCUT2D eigenvalue weighted by Crippen LogP contribution is 2.23. The molecule has 1 saturated heterocycles. The van der Waals surface area contributed by atoms with E-state index in [1.807, 2.05) is 20.8 Å². The standard InChI is InChI=1S/C12H22N2O3/c1-4-12(3)11(16)13-9-10(15)14(12)7-6-8-17-5-2/h4-9H2,1-3H3,(H,13,16). The predicted molar refractivity (Wildman–Crippen MR) is 64.5 cm³/mol. The molecule has 0 aromatic carbocycles. The van der Waals surface area contributed by atoms with E-state index < -0.39 is 5.54 Å². The van der Waals surface area contributed by atoms with Crippen molar-refractivity contribution in [3.63, 3.8) is 0 Å². The summed E-state index contributed by atoms with van der Waals surface area (Å²) in [6.45, 7) is 7.68. The zero-order valence-corrected chi connectivity index (χ0v) is 10.9. The number of carbonyl (C=O) groups excluding carboxylic acids is 2. The topological polar surface area (TPSA) is 58.6 Å². The van der Waals surface area contributed by atoms with Crippen molar-refractivity contribution in [2.24, 2.45) is 0 Å². The summed E-state index contributed by atoms with van der Waals surface area (Å²) in [5.41, 5.74) is -0.707. The highest BCUT2D eigenvalue weighted by Gasteiger charge is 2.43. The molecule has 0 aromatic heterocycles. The first-order valence-electron chi connectivity index (χ1n) is 6.22. The second-order valence-corrected chi connectivity index (χ2v) is 4.41. The molecular weight excluding hydrogens is 220 g/mol. The lowest BCUT2D eigenvalue weighted by Crippen LogP contribution is -2.65. The quantitative estimate of drug-likeness (QED) is 0.692. The fourth-order valence-electron chi connectivity index (χ4n) is 2.03. The molecule has 1 unspecified atom stereocenters. The fraction of sp³-hybridized carbons (Fsp3) is 0.833. The van der Waals surface area contributed by atoms with Gasteiger partial charge < -0.3 is 15.0 Å². The first-order valence-corrected chi connectivity index (χ1v) is 6.22. The van der Waals surface area contributed by atoms with Crippen LogP contribution in [0.2, 0.25) is 0 Å². The first kappa shape index (κ1) is 14.0. The van der Waals surface area contributed by atoms with Crippen LogP contribution < -0.4 is 5.32 Å². The van der Waals surface area contributed by atoms with Crippen LogP contribution in [0.3, 0.4) is 0 Å². The molecule has 1 fully saturated rings. The third-order valence-corrected chi connectivity index (χ3v) is 3.35. The predicted octanol–water partition coefficient (Wildman–Crippen LogP) is 0.540. The van der Waals surface area contributed by atoms with Crippen LogP contribution >= 0.6 is 0 Å². The monoisotopic (exact) mass is 242 g/mol. The summed E-state index contributed by atoms with van der Waals surface area (Å²) in [5.74, 6) is -0.0681. The van der Waals surface area contributed by atoms with E-state index in [1.54, 1.807) is 4.90 Å². The number of nitrogens with one attached hydrogen (secondary N) is 1. The minimum atomic E-state index is -0.707. The number of rotatable bonds is 6. The van der Waals surface area contributed by atoms with E-state index in [0.717, 1.165) is 6.42 Å². The van der Waals surface area contributed by atoms with Crippen LogP contribution in [0.25, 0.3) is 0 Å². The van der Waals surface area contributed by atoms with Gasteiger partial charge in [-0.1, -0.05) is 6.92 Å². The SMILES string of the molecule is CCOCCCN1C(=O)CNC(=O)C1(C)CC. The van der Waals surface area contributed by atoms with Gasteiger partial charge in [-0.05, 0) is 26.7 Å². The molecule has 0 aromatic rings. The van der Waals surface area contributed by atoms with E-state index >= 15 is 0 Å². The van der Waals surface area contributed by atoms with Crippen LogP contribution in [0.4, 0.5) is 0 Å². The molecule has 98 valence electrons. The third kappa shape index (κ3) is 2.97. The minimum absolute atomic E-state index is 0.00884. The summed E-state index contributed by atoms with van der Waals surface area (Å²) in [5, 5.41) is 2.64. The second kappa shape index (κ2) is 6.00. The van der Waals surface area contributed by atoms with Gasteiger partial charge in [0, 0.05) is 19.8 Å². The van der Waals surface area contributed by atoms with Crippen LogP contribution in [0, 0.1) is 0 Å². The van der Waals surface area contributed by atoms with Crippen LogP contribution in [-0.2, 0) is 14.3 Å². The van der Waals surface area contributed by atoms with Crippen molar-refractivity contribution in [2.75, 3.05) is 26.3 Å². The lowest BCUT2D eigenvalue weighted by molar-refractivity contribution is -0.153. The Kier molecular flexibility index (Phi) is 4.93. The highest BCUT2D eigenvalue weighted by molar-refractivity contribution is 5.97. The molecule has 1 rings (SSSR count). The summed E-state index contributed by atoms with van der Waals surface area (Å²) < 4.78 is 5.25. The molecule has 1 heterocycles.